The molecule has 0 spiro atoms. The highest BCUT2D eigenvalue weighted by Crippen LogP contribution is 2.49. The van der Waals surface area contributed by atoms with Crippen LogP contribution in [0.2, 0.25) is 0 Å². The average Bonchev–Trinajstić information content (AvgIpc) is 4.31. The summed E-state index contributed by atoms with van der Waals surface area (Å²) in [5.74, 6) is 0. The van der Waals surface area contributed by atoms with Crippen molar-refractivity contribution in [2.75, 3.05) is 0 Å². The molecule has 0 aliphatic heterocycles. The molecule has 0 aliphatic carbocycles. The van der Waals surface area contributed by atoms with Crippen LogP contribution in [0.5, 0.6) is 0 Å². The molecule has 6 heteroatoms. The van der Waals surface area contributed by atoms with Crippen LogP contribution in [0.1, 0.15) is 0 Å². The number of nitrogens with zero attached hydrogens (tertiary/aromatic N) is 6. The van der Waals surface area contributed by atoms with Crippen LogP contribution in [-0.2, 0) is 0 Å². The van der Waals surface area contributed by atoms with E-state index in [9.17, 15) is 0 Å². The van der Waals surface area contributed by atoms with Gasteiger partial charge < -0.3 is 27.4 Å². The second kappa shape index (κ2) is 15.9. The topological polar surface area (TPSA) is 29.6 Å². The number of rotatable bonds is 8. The highest BCUT2D eigenvalue weighted by Gasteiger charge is 2.33. The first-order chi connectivity index (χ1) is 35.7. The number of fused-ring (bicyclic) bond motifs is 6. The zero-order valence-corrected chi connectivity index (χ0v) is 39.1. The lowest BCUT2D eigenvalue weighted by Gasteiger charge is -2.29. The number of aromatic nitrogens is 6. The summed E-state index contributed by atoms with van der Waals surface area (Å²) in [6.07, 6.45) is 23.3. The van der Waals surface area contributed by atoms with Crippen LogP contribution in [0.4, 0.5) is 0 Å². The zero-order valence-electron chi connectivity index (χ0n) is 39.1. The van der Waals surface area contributed by atoms with Gasteiger partial charge in [0.25, 0.3) is 0 Å². The molecule has 0 saturated carbocycles. The average molecular weight is 921 g/mol. The lowest BCUT2D eigenvalue weighted by atomic mass is 10.1. The van der Waals surface area contributed by atoms with Gasteiger partial charge in [-0.2, -0.15) is 0 Å². The van der Waals surface area contributed by atoms with Crippen LogP contribution in [0.15, 0.2) is 268 Å². The highest BCUT2D eigenvalue weighted by atomic mass is 15.2. The van der Waals surface area contributed by atoms with Crippen molar-refractivity contribution in [3.05, 3.63) is 268 Å². The Balaban J connectivity index is 1.25. The van der Waals surface area contributed by atoms with Crippen LogP contribution >= 0.6 is 0 Å². The maximum absolute atomic E-state index is 2.49. The van der Waals surface area contributed by atoms with Gasteiger partial charge in [0.1, 0.15) is 0 Å². The molecular weight excluding hydrogens is 877 g/mol. The predicted molar refractivity (Wildman–Crippen MR) is 298 cm³/mol. The second-order valence-electron chi connectivity index (χ2n) is 18.9. The Labute approximate surface area is 414 Å². The number of hydrogen-bond donors (Lipinski definition) is 0. The quantitative estimate of drug-likeness (QED) is 0.145. The predicted octanol–water partition coefficient (Wildman–Crippen LogP) is 16.7. The van der Waals surface area contributed by atoms with Gasteiger partial charge in [0.05, 0.1) is 45.2 Å². The monoisotopic (exact) mass is 920 g/mol. The van der Waals surface area contributed by atoms with Crippen LogP contribution < -0.4 is 0 Å². The molecule has 9 aromatic carbocycles. The molecule has 0 radical (unpaired) electrons. The third-order valence-corrected chi connectivity index (χ3v) is 14.7. The Kier molecular flexibility index (Phi) is 8.86. The van der Waals surface area contributed by atoms with Crippen LogP contribution in [0, 0.1) is 0 Å². The number of para-hydroxylation sites is 2. The fourth-order valence-electron chi connectivity index (χ4n) is 11.4. The first-order valence-electron chi connectivity index (χ1n) is 24.5. The lowest BCUT2D eigenvalue weighted by Crippen LogP contribution is -2.18. The van der Waals surface area contributed by atoms with Crippen molar-refractivity contribution in [3.63, 3.8) is 0 Å². The molecule has 0 fully saturated rings. The Morgan fingerprint density at radius 1 is 0.194 bits per heavy atom. The van der Waals surface area contributed by atoms with E-state index in [-0.39, 0.29) is 0 Å². The van der Waals surface area contributed by atoms with E-state index in [4.69, 9.17) is 0 Å². The highest BCUT2D eigenvalue weighted by molar-refractivity contribution is 6.03. The summed E-state index contributed by atoms with van der Waals surface area (Å²) in [7, 11) is 0. The van der Waals surface area contributed by atoms with Crippen LogP contribution in [0.25, 0.3) is 121 Å². The summed E-state index contributed by atoms with van der Waals surface area (Å²) in [6, 6.07) is 74.3. The Bertz CT molecular complexity index is 4140. The van der Waals surface area contributed by atoms with Gasteiger partial charge in [-0.1, -0.05) is 194 Å². The minimum atomic E-state index is 1.02. The largest absolute Gasteiger partial charge is 0.319 e. The minimum Gasteiger partial charge on any atom is -0.319 e. The van der Waals surface area contributed by atoms with E-state index in [1.165, 1.54) is 10.8 Å². The summed E-state index contributed by atoms with van der Waals surface area (Å²) >= 11 is 0. The fraction of sp³-hybridized carbons (Fsp3) is 0. The van der Waals surface area contributed by atoms with Crippen molar-refractivity contribution in [2.24, 2.45) is 0 Å². The van der Waals surface area contributed by atoms with Crippen LogP contribution in [-0.4, -0.2) is 27.4 Å². The van der Waals surface area contributed by atoms with Gasteiger partial charge in [0, 0.05) is 83.9 Å². The first-order valence-corrected chi connectivity index (χ1v) is 24.5. The normalized spacial score (nSPS) is 11.9. The first kappa shape index (κ1) is 40.1. The van der Waals surface area contributed by atoms with Crippen molar-refractivity contribution in [2.45, 2.75) is 0 Å². The molecule has 0 amide bonds. The van der Waals surface area contributed by atoms with Crippen molar-refractivity contribution < 1.29 is 0 Å². The second-order valence-corrected chi connectivity index (χ2v) is 18.9. The van der Waals surface area contributed by atoms with Crippen molar-refractivity contribution >= 4 is 64.9 Å². The molecule has 0 unspecified atom stereocenters. The molecule has 6 nitrogen and oxygen atoms in total. The van der Waals surface area contributed by atoms with Crippen LogP contribution in [0.3, 0.4) is 0 Å². The van der Waals surface area contributed by atoms with Gasteiger partial charge in [-0.15, -0.1) is 0 Å². The molecule has 6 heterocycles. The van der Waals surface area contributed by atoms with E-state index in [1.807, 2.05) is 0 Å². The van der Waals surface area contributed by atoms with Gasteiger partial charge in [-0.25, -0.2) is 0 Å². The van der Waals surface area contributed by atoms with E-state index < -0.39 is 0 Å². The smallest absolute Gasteiger partial charge is 0.0986 e. The summed E-state index contributed by atoms with van der Waals surface area (Å²) in [4.78, 5) is 0. The van der Waals surface area contributed by atoms with Gasteiger partial charge in [0.2, 0.25) is 0 Å². The van der Waals surface area contributed by atoms with Gasteiger partial charge in [-0.05, 0) is 66.3 Å². The molecule has 338 valence electrons. The Morgan fingerprint density at radius 3 is 0.722 bits per heavy atom. The van der Waals surface area contributed by atoms with E-state index in [0.717, 1.165) is 111 Å². The maximum atomic E-state index is 2.49. The molecule has 0 aliphatic rings. The molecule has 0 bridgehead atoms. The molecule has 0 atom stereocenters. The van der Waals surface area contributed by atoms with Gasteiger partial charge in [-0.3, -0.25) is 0 Å². The molecule has 0 saturated heterocycles. The molecule has 0 N–H and O–H groups in total. The van der Waals surface area contributed by atoms with E-state index in [2.05, 4.69) is 296 Å². The summed E-state index contributed by atoms with van der Waals surface area (Å²) in [5.41, 5.74) is 13.0. The van der Waals surface area contributed by atoms with E-state index in [0.29, 0.717) is 0 Å². The summed E-state index contributed by atoms with van der Waals surface area (Å²) in [6.45, 7) is 0. The van der Waals surface area contributed by atoms with Crippen molar-refractivity contribution in [1.82, 2.24) is 27.4 Å². The molecule has 72 heavy (non-hydrogen) atoms. The molecular formula is C66H44N6. The maximum Gasteiger partial charge on any atom is 0.0986 e. The van der Waals surface area contributed by atoms with E-state index >= 15 is 0 Å². The third kappa shape index (κ3) is 6.22. The SMILES string of the molecule is c1ccc(-c2cn(-c3c(-n4cc5ccccc5c4)c(-n4cc5ccccc5c4)c(-n4cc5ccccc5c4)c(-n4cc5ccccc5c4)c3-n3cc(-c4ccccc4)c4ccccc43)c3ccccc23)cc1. The van der Waals surface area contributed by atoms with Gasteiger partial charge >= 0.3 is 0 Å². The van der Waals surface area contributed by atoms with Crippen molar-refractivity contribution in [3.8, 4) is 56.4 Å². The third-order valence-electron chi connectivity index (χ3n) is 14.7. The summed E-state index contributed by atoms with van der Waals surface area (Å²) in [5, 5.41) is 11.6. The number of benzene rings is 9. The van der Waals surface area contributed by atoms with Crippen molar-refractivity contribution in [1.29, 1.82) is 0 Å². The van der Waals surface area contributed by atoms with E-state index in [1.54, 1.807) is 0 Å². The Hall–Kier alpha value is -9.78. The fourth-order valence-corrected chi connectivity index (χ4v) is 11.4. The lowest BCUT2D eigenvalue weighted by molar-refractivity contribution is 0.905. The molecule has 6 aromatic heterocycles. The van der Waals surface area contributed by atoms with Gasteiger partial charge in [0.15, 0.2) is 0 Å². The number of hydrogen-bond acceptors (Lipinski definition) is 0. The Morgan fingerprint density at radius 2 is 0.431 bits per heavy atom. The minimum absolute atomic E-state index is 1.02. The standard InChI is InChI=1S/C66H44N6/c1-3-19-45(20-4-1)57-43-71(59-33-17-15-31-55(57)59)65-63(69-39-51-27-11-12-28-52(51)40-69)61(67-35-47-23-7-8-24-48(47)36-67)62(68-37-49-25-9-10-26-50(49)38-68)64(70-41-53-29-13-14-30-54(53)42-70)66(65)72-44-58(46-21-5-2-6-22-46)56-32-16-18-34-60(56)72/h1-44H. The zero-order chi connectivity index (χ0) is 47.3. The molecule has 15 aromatic rings. The summed E-state index contributed by atoms with van der Waals surface area (Å²) < 4.78 is 14.5. The molecule has 15 rings (SSSR count).